The van der Waals surface area contributed by atoms with Gasteiger partial charge in [0.25, 0.3) is 0 Å². The molecule has 1 aliphatic heterocycles. The number of anilines is 1. The first-order valence-corrected chi connectivity index (χ1v) is 5.96. The molecule has 2 N–H and O–H groups in total. The molecule has 1 aromatic rings. The lowest BCUT2D eigenvalue weighted by Crippen LogP contribution is -2.28. The van der Waals surface area contributed by atoms with Gasteiger partial charge in [-0.15, -0.1) is 0 Å². The van der Waals surface area contributed by atoms with Crippen LogP contribution in [0, 0.1) is 0 Å². The molecule has 16 heavy (non-hydrogen) atoms. The molecule has 0 aliphatic carbocycles. The van der Waals surface area contributed by atoms with Crippen molar-refractivity contribution in [3.63, 3.8) is 0 Å². The largest absolute Gasteiger partial charge is 0.382 e. The van der Waals surface area contributed by atoms with Gasteiger partial charge in [-0.05, 0) is 40.0 Å². The Morgan fingerprint density at radius 1 is 1.44 bits per heavy atom. The third-order valence-electron chi connectivity index (χ3n) is 2.90. The molecule has 0 spiro atoms. The predicted octanol–water partition coefficient (Wildman–Crippen LogP) is 2.46. The minimum Gasteiger partial charge on any atom is -0.382 e. The number of nitrogens with two attached hydrogens (primary N) is 1. The van der Waals surface area contributed by atoms with Crippen LogP contribution in [0.25, 0.3) is 0 Å². The molecule has 1 unspecified atom stereocenters. The van der Waals surface area contributed by atoms with Crippen molar-refractivity contribution in [1.29, 1.82) is 0 Å². The molecule has 0 amide bonds. The van der Waals surface area contributed by atoms with Crippen LogP contribution in [0.3, 0.4) is 0 Å². The van der Waals surface area contributed by atoms with E-state index in [-0.39, 0.29) is 11.6 Å². The van der Waals surface area contributed by atoms with Gasteiger partial charge >= 0.3 is 0 Å². The zero-order valence-electron chi connectivity index (χ0n) is 10.4. The Bertz CT molecular complexity index is 359. The number of aromatic nitrogens is 2. The molecule has 1 atom stereocenters. The normalized spacial score (nSPS) is 22.3. The maximum Gasteiger partial charge on any atom is 0.145 e. The highest BCUT2D eigenvalue weighted by Crippen LogP contribution is 2.31. The number of hydrogen-bond acceptors (Lipinski definition) is 3. The summed E-state index contributed by atoms with van der Waals surface area (Å²) >= 11 is 0. The van der Waals surface area contributed by atoms with Crippen molar-refractivity contribution in [2.24, 2.45) is 0 Å². The summed E-state index contributed by atoms with van der Waals surface area (Å²) in [5.74, 6) is 0.582. The van der Waals surface area contributed by atoms with E-state index in [1.54, 1.807) is 0 Å². The average Bonchev–Trinajstić information content (AvgIpc) is 2.61. The molecule has 90 valence electrons. The van der Waals surface area contributed by atoms with Gasteiger partial charge in [-0.3, -0.25) is 4.68 Å². The lowest BCUT2D eigenvalue weighted by molar-refractivity contribution is 0.00704. The van der Waals surface area contributed by atoms with Crippen molar-refractivity contribution in [2.45, 2.75) is 51.7 Å². The standard InChI is InChI=1S/C12H21N3O/c1-12(2,3)15-9(8-11(13)14-15)10-6-4-5-7-16-10/h8,10H,4-7H2,1-3H3,(H2,13,14). The summed E-state index contributed by atoms with van der Waals surface area (Å²) in [5.41, 5.74) is 6.86. The van der Waals surface area contributed by atoms with Gasteiger partial charge in [0.1, 0.15) is 5.82 Å². The molecular formula is C12H21N3O. The Morgan fingerprint density at radius 2 is 2.19 bits per heavy atom. The smallest absolute Gasteiger partial charge is 0.145 e. The van der Waals surface area contributed by atoms with E-state index in [2.05, 4.69) is 25.9 Å². The zero-order valence-corrected chi connectivity index (χ0v) is 10.4. The zero-order chi connectivity index (χ0) is 11.8. The number of nitrogens with zero attached hydrogens (tertiary/aromatic N) is 2. The Morgan fingerprint density at radius 3 is 2.75 bits per heavy atom. The molecule has 0 saturated carbocycles. The summed E-state index contributed by atoms with van der Waals surface area (Å²) in [6, 6.07) is 1.95. The number of ether oxygens (including phenoxy) is 1. The van der Waals surface area contributed by atoms with Gasteiger partial charge in [-0.25, -0.2) is 0 Å². The highest BCUT2D eigenvalue weighted by atomic mass is 16.5. The van der Waals surface area contributed by atoms with Crippen LogP contribution in [-0.4, -0.2) is 16.4 Å². The topological polar surface area (TPSA) is 53.1 Å². The second-order valence-corrected chi connectivity index (χ2v) is 5.43. The van der Waals surface area contributed by atoms with Crippen molar-refractivity contribution in [3.8, 4) is 0 Å². The van der Waals surface area contributed by atoms with Crippen LogP contribution in [0.1, 0.15) is 51.8 Å². The van der Waals surface area contributed by atoms with Crippen LogP contribution in [0.15, 0.2) is 6.07 Å². The van der Waals surface area contributed by atoms with Gasteiger partial charge < -0.3 is 10.5 Å². The summed E-state index contributed by atoms with van der Waals surface area (Å²) in [7, 11) is 0. The van der Waals surface area contributed by atoms with Crippen molar-refractivity contribution >= 4 is 5.82 Å². The summed E-state index contributed by atoms with van der Waals surface area (Å²) in [6.45, 7) is 7.24. The third kappa shape index (κ3) is 2.21. The van der Waals surface area contributed by atoms with E-state index in [0.29, 0.717) is 5.82 Å². The molecule has 1 aliphatic rings. The van der Waals surface area contributed by atoms with Crippen LogP contribution in [0.5, 0.6) is 0 Å². The molecule has 0 bridgehead atoms. The van der Waals surface area contributed by atoms with Gasteiger partial charge in [0.2, 0.25) is 0 Å². The first kappa shape index (κ1) is 11.5. The average molecular weight is 223 g/mol. The van der Waals surface area contributed by atoms with Gasteiger partial charge in [0.15, 0.2) is 0 Å². The Balaban J connectivity index is 2.31. The second-order valence-electron chi connectivity index (χ2n) is 5.43. The maximum atomic E-state index is 5.80. The highest BCUT2D eigenvalue weighted by Gasteiger charge is 2.26. The van der Waals surface area contributed by atoms with Crippen molar-refractivity contribution in [3.05, 3.63) is 11.8 Å². The maximum absolute atomic E-state index is 5.80. The Labute approximate surface area is 96.8 Å². The van der Waals surface area contributed by atoms with Crippen molar-refractivity contribution in [1.82, 2.24) is 9.78 Å². The van der Waals surface area contributed by atoms with Gasteiger partial charge in [-0.2, -0.15) is 5.10 Å². The van der Waals surface area contributed by atoms with Crippen LogP contribution in [0.4, 0.5) is 5.82 Å². The minimum absolute atomic E-state index is 0.0479. The molecular weight excluding hydrogens is 202 g/mol. The fourth-order valence-electron chi connectivity index (χ4n) is 2.16. The van der Waals surface area contributed by atoms with Gasteiger partial charge in [0, 0.05) is 12.7 Å². The summed E-state index contributed by atoms with van der Waals surface area (Å²) in [5, 5.41) is 4.37. The first-order chi connectivity index (χ1) is 7.48. The fraction of sp³-hybridized carbons (Fsp3) is 0.750. The summed E-state index contributed by atoms with van der Waals surface area (Å²) in [4.78, 5) is 0. The van der Waals surface area contributed by atoms with Crippen LogP contribution in [-0.2, 0) is 10.3 Å². The van der Waals surface area contributed by atoms with E-state index < -0.39 is 0 Å². The van der Waals surface area contributed by atoms with Crippen molar-refractivity contribution in [2.75, 3.05) is 12.3 Å². The van der Waals surface area contributed by atoms with E-state index >= 15 is 0 Å². The van der Waals surface area contributed by atoms with E-state index in [1.165, 1.54) is 6.42 Å². The second kappa shape index (κ2) is 4.09. The van der Waals surface area contributed by atoms with Crippen LogP contribution in [0.2, 0.25) is 0 Å². The Kier molecular flexibility index (Phi) is 2.93. The first-order valence-electron chi connectivity index (χ1n) is 5.96. The fourth-order valence-corrected chi connectivity index (χ4v) is 2.16. The molecule has 2 heterocycles. The van der Waals surface area contributed by atoms with E-state index in [0.717, 1.165) is 25.1 Å². The lowest BCUT2D eigenvalue weighted by atomic mass is 10.0. The molecule has 1 aromatic heterocycles. The van der Waals surface area contributed by atoms with E-state index in [1.807, 2.05) is 10.7 Å². The van der Waals surface area contributed by atoms with Crippen molar-refractivity contribution < 1.29 is 4.74 Å². The number of rotatable bonds is 1. The highest BCUT2D eigenvalue weighted by molar-refractivity contribution is 5.31. The molecule has 1 fully saturated rings. The quantitative estimate of drug-likeness (QED) is 0.795. The molecule has 4 nitrogen and oxygen atoms in total. The lowest BCUT2D eigenvalue weighted by Gasteiger charge is -2.28. The minimum atomic E-state index is -0.0479. The van der Waals surface area contributed by atoms with E-state index in [9.17, 15) is 0 Å². The van der Waals surface area contributed by atoms with Crippen LogP contribution < -0.4 is 5.73 Å². The SMILES string of the molecule is CC(C)(C)n1nc(N)cc1C1CCCCO1. The predicted molar refractivity (Wildman–Crippen MR) is 64.2 cm³/mol. The molecule has 2 rings (SSSR count). The van der Waals surface area contributed by atoms with Gasteiger partial charge in [0.05, 0.1) is 17.3 Å². The van der Waals surface area contributed by atoms with E-state index in [4.69, 9.17) is 10.5 Å². The molecule has 1 saturated heterocycles. The summed E-state index contributed by atoms with van der Waals surface area (Å²) < 4.78 is 7.80. The summed E-state index contributed by atoms with van der Waals surface area (Å²) in [6.07, 6.45) is 3.62. The van der Waals surface area contributed by atoms with Crippen LogP contribution >= 0.6 is 0 Å². The molecule has 4 heteroatoms. The monoisotopic (exact) mass is 223 g/mol. The molecule has 0 radical (unpaired) electrons. The Hall–Kier alpha value is -1.03. The number of hydrogen-bond donors (Lipinski definition) is 1. The van der Waals surface area contributed by atoms with Gasteiger partial charge in [-0.1, -0.05) is 0 Å². The third-order valence-corrected chi connectivity index (χ3v) is 2.90. The molecule has 0 aromatic carbocycles. The number of nitrogen functional groups attached to an aromatic ring is 1.